The molecule has 1 N–H and O–H groups in total. The quantitative estimate of drug-likeness (QED) is 0.316. The van der Waals surface area contributed by atoms with E-state index < -0.39 is 23.8 Å². The third-order valence-corrected chi connectivity index (χ3v) is 6.79. The summed E-state index contributed by atoms with van der Waals surface area (Å²) in [5.41, 5.74) is 2.07. The molecule has 0 aliphatic heterocycles. The number of halogens is 4. The lowest BCUT2D eigenvalue weighted by Gasteiger charge is -2.10. The Morgan fingerprint density at radius 2 is 1.79 bits per heavy atom. The molecule has 4 aromatic rings. The number of rotatable bonds is 5. The number of carbonyl (C=O) groups is 1. The van der Waals surface area contributed by atoms with E-state index in [9.17, 15) is 23.1 Å². The molecule has 4 rings (SSSR count). The van der Waals surface area contributed by atoms with Crippen molar-refractivity contribution in [1.82, 2.24) is 9.78 Å². The van der Waals surface area contributed by atoms with Crippen LogP contribution >= 0.6 is 22.9 Å². The topological polar surface area (TPSA) is 55.1 Å². The Hall–Kier alpha value is -3.10. The van der Waals surface area contributed by atoms with E-state index in [1.165, 1.54) is 16.0 Å². The molecule has 170 valence electrons. The summed E-state index contributed by atoms with van der Waals surface area (Å²) < 4.78 is 41.6. The number of carboxylic acid groups (broad SMARTS) is 1. The molecule has 1 unspecified atom stereocenters. The molecular weight excluding hydrogens is 473 g/mol. The zero-order chi connectivity index (χ0) is 23.9. The SMILES string of the molecule is Cc1cc(C(C)C(=O)O)ccc1-c1ccc(-c2cc(C(F)(F)F)nn2-c2ccccc2Cl)s1. The molecule has 0 saturated heterocycles. The van der Waals surface area contributed by atoms with E-state index in [0.29, 0.717) is 16.1 Å². The molecule has 9 heteroatoms. The fourth-order valence-corrected chi connectivity index (χ4v) is 4.81. The highest BCUT2D eigenvalue weighted by Crippen LogP contribution is 2.40. The van der Waals surface area contributed by atoms with Gasteiger partial charge in [0.2, 0.25) is 0 Å². The van der Waals surface area contributed by atoms with Gasteiger partial charge in [-0.3, -0.25) is 4.79 Å². The summed E-state index contributed by atoms with van der Waals surface area (Å²) in [7, 11) is 0. The van der Waals surface area contributed by atoms with Crippen molar-refractivity contribution < 1.29 is 23.1 Å². The lowest BCUT2D eigenvalue weighted by atomic mass is 9.96. The van der Waals surface area contributed by atoms with E-state index in [-0.39, 0.29) is 10.7 Å². The maximum absolute atomic E-state index is 13.4. The Balaban J connectivity index is 1.79. The van der Waals surface area contributed by atoms with Crippen LogP contribution in [0.15, 0.2) is 60.7 Å². The Morgan fingerprint density at radius 3 is 2.42 bits per heavy atom. The summed E-state index contributed by atoms with van der Waals surface area (Å²) in [6, 6.07) is 16.6. The number of hydrogen-bond donors (Lipinski definition) is 1. The lowest BCUT2D eigenvalue weighted by Crippen LogP contribution is -2.07. The third kappa shape index (κ3) is 4.54. The van der Waals surface area contributed by atoms with Gasteiger partial charge in [-0.05, 0) is 60.9 Å². The van der Waals surface area contributed by atoms with Crippen molar-refractivity contribution in [3.05, 3.63) is 82.5 Å². The molecule has 2 aromatic carbocycles. The Bertz CT molecular complexity index is 1340. The Morgan fingerprint density at radius 1 is 1.09 bits per heavy atom. The van der Waals surface area contributed by atoms with Gasteiger partial charge < -0.3 is 5.11 Å². The lowest BCUT2D eigenvalue weighted by molar-refractivity contribution is -0.141. The van der Waals surface area contributed by atoms with Gasteiger partial charge in [-0.2, -0.15) is 18.3 Å². The molecule has 0 bridgehead atoms. The van der Waals surface area contributed by atoms with Crippen molar-refractivity contribution in [2.75, 3.05) is 0 Å². The number of aliphatic carboxylic acids is 1. The van der Waals surface area contributed by atoms with Crippen LogP contribution in [-0.4, -0.2) is 20.9 Å². The van der Waals surface area contributed by atoms with Crippen LogP contribution in [0.25, 0.3) is 26.7 Å². The summed E-state index contributed by atoms with van der Waals surface area (Å²) in [6.45, 7) is 3.50. The fourth-order valence-electron chi connectivity index (χ4n) is 3.50. The third-order valence-electron chi connectivity index (χ3n) is 5.33. The number of aryl methyl sites for hydroxylation is 1. The van der Waals surface area contributed by atoms with Gasteiger partial charge in [-0.15, -0.1) is 11.3 Å². The second-order valence-electron chi connectivity index (χ2n) is 7.57. The predicted octanol–water partition coefficient (Wildman–Crippen LogP) is 7.44. The van der Waals surface area contributed by atoms with E-state index in [0.717, 1.165) is 22.1 Å². The highest BCUT2D eigenvalue weighted by Gasteiger charge is 2.35. The Kier molecular flexibility index (Phi) is 6.07. The minimum absolute atomic E-state index is 0.278. The van der Waals surface area contributed by atoms with Crippen LogP contribution in [0.2, 0.25) is 5.02 Å². The zero-order valence-electron chi connectivity index (χ0n) is 17.5. The van der Waals surface area contributed by atoms with Gasteiger partial charge in [0.25, 0.3) is 0 Å². The first kappa shape index (κ1) is 23.1. The van der Waals surface area contributed by atoms with Crippen LogP contribution in [0.5, 0.6) is 0 Å². The first-order valence-corrected chi connectivity index (χ1v) is 11.1. The molecule has 0 aliphatic rings. The number of thiophene rings is 1. The summed E-state index contributed by atoms with van der Waals surface area (Å²) in [6.07, 6.45) is -4.60. The number of alkyl halides is 3. The molecule has 1 atom stereocenters. The van der Waals surface area contributed by atoms with Gasteiger partial charge in [0.15, 0.2) is 5.69 Å². The van der Waals surface area contributed by atoms with E-state index in [1.54, 1.807) is 43.3 Å². The normalized spacial score (nSPS) is 12.7. The summed E-state index contributed by atoms with van der Waals surface area (Å²) in [4.78, 5) is 12.7. The molecule has 2 aromatic heterocycles. The number of aromatic nitrogens is 2. The van der Waals surface area contributed by atoms with Crippen LogP contribution in [0.4, 0.5) is 13.2 Å². The van der Waals surface area contributed by atoms with Crippen molar-refractivity contribution in [2.24, 2.45) is 0 Å². The van der Waals surface area contributed by atoms with Crippen molar-refractivity contribution in [3.8, 4) is 26.7 Å². The molecule has 0 aliphatic carbocycles. The first-order valence-electron chi connectivity index (χ1n) is 9.92. The largest absolute Gasteiger partial charge is 0.481 e. The predicted molar refractivity (Wildman–Crippen MR) is 123 cm³/mol. The Labute approximate surface area is 196 Å². The fraction of sp³-hybridized carbons (Fsp3) is 0.167. The minimum atomic E-state index is -4.60. The smallest absolute Gasteiger partial charge is 0.435 e. The molecular formula is C24H18ClF3N2O2S. The molecule has 0 saturated carbocycles. The van der Waals surface area contributed by atoms with Gasteiger partial charge in [-0.1, -0.05) is 41.9 Å². The zero-order valence-corrected chi connectivity index (χ0v) is 19.1. The van der Waals surface area contributed by atoms with Gasteiger partial charge >= 0.3 is 12.1 Å². The summed E-state index contributed by atoms with van der Waals surface area (Å²) in [5.74, 6) is -1.55. The maximum Gasteiger partial charge on any atom is 0.435 e. The van der Waals surface area contributed by atoms with Crippen LogP contribution in [0.3, 0.4) is 0 Å². The number of benzene rings is 2. The second-order valence-corrected chi connectivity index (χ2v) is 9.06. The molecule has 0 fully saturated rings. The van der Waals surface area contributed by atoms with Gasteiger partial charge in [-0.25, -0.2) is 4.68 Å². The van der Waals surface area contributed by atoms with E-state index in [4.69, 9.17) is 11.6 Å². The van der Waals surface area contributed by atoms with Crippen molar-refractivity contribution in [3.63, 3.8) is 0 Å². The standard InChI is InChI=1S/C24H18ClF3N2O2S/c1-13-11-15(14(2)23(31)32)7-8-16(13)20-9-10-21(33-20)19-12-22(24(26,27)28)29-30(19)18-6-4-3-5-17(18)25/h3-12,14H,1-2H3,(H,31,32). The molecule has 0 radical (unpaired) electrons. The molecule has 0 amide bonds. The number of hydrogen-bond acceptors (Lipinski definition) is 3. The molecule has 0 spiro atoms. The average Bonchev–Trinajstić information content (AvgIpc) is 3.40. The number of nitrogens with zero attached hydrogens (tertiary/aromatic N) is 2. The number of carboxylic acids is 1. The average molecular weight is 491 g/mol. The van der Waals surface area contributed by atoms with Crippen LogP contribution in [-0.2, 0) is 11.0 Å². The summed E-state index contributed by atoms with van der Waals surface area (Å²) >= 11 is 7.57. The second kappa shape index (κ2) is 8.68. The van der Waals surface area contributed by atoms with E-state index in [2.05, 4.69) is 5.10 Å². The van der Waals surface area contributed by atoms with Crippen LogP contribution in [0, 0.1) is 6.92 Å². The summed E-state index contributed by atoms with van der Waals surface area (Å²) in [5, 5.41) is 13.3. The van der Waals surface area contributed by atoms with Gasteiger partial charge in [0.1, 0.15) is 0 Å². The van der Waals surface area contributed by atoms with Crippen LogP contribution < -0.4 is 0 Å². The molecule has 2 heterocycles. The van der Waals surface area contributed by atoms with E-state index >= 15 is 0 Å². The van der Waals surface area contributed by atoms with Crippen LogP contribution in [0.1, 0.15) is 29.7 Å². The van der Waals surface area contributed by atoms with Crippen molar-refractivity contribution in [2.45, 2.75) is 25.9 Å². The molecule has 33 heavy (non-hydrogen) atoms. The number of para-hydroxylation sites is 1. The maximum atomic E-state index is 13.4. The monoisotopic (exact) mass is 490 g/mol. The van der Waals surface area contributed by atoms with Gasteiger partial charge in [0.05, 0.1) is 27.2 Å². The van der Waals surface area contributed by atoms with Crippen molar-refractivity contribution >= 4 is 28.9 Å². The first-order chi connectivity index (χ1) is 15.6. The molecule has 4 nitrogen and oxygen atoms in total. The highest BCUT2D eigenvalue weighted by molar-refractivity contribution is 7.18. The van der Waals surface area contributed by atoms with Gasteiger partial charge in [0, 0.05) is 4.88 Å². The van der Waals surface area contributed by atoms with E-state index in [1.807, 2.05) is 25.1 Å². The minimum Gasteiger partial charge on any atom is -0.481 e. The highest BCUT2D eigenvalue weighted by atomic mass is 35.5. The van der Waals surface area contributed by atoms with Crippen molar-refractivity contribution in [1.29, 1.82) is 0 Å².